The number of benzene rings is 1. The molecule has 0 aliphatic carbocycles. The molecule has 136 valence electrons. The van der Waals surface area contributed by atoms with Gasteiger partial charge in [-0.1, -0.05) is 52.0 Å². The average Bonchev–Trinajstić information content (AvgIpc) is 2.55. The second-order valence-corrected chi connectivity index (χ2v) is 6.10. The van der Waals surface area contributed by atoms with E-state index in [4.69, 9.17) is 4.74 Å². The van der Waals surface area contributed by atoms with Crippen molar-refractivity contribution in [2.24, 2.45) is 0 Å². The summed E-state index contributed by atoms with van der Waals surface area (Å²) < 4.78 is 43.7. The third kappa shape index (κ3) is 7.37. The number of unbranched alkanes of at least 4 members (excludes halogenated alkanes) is 4. The third-order valence-corrected chi connectivity index (χ3v) is 3.96. The Hall–Kier alpha value is -1.52. The molecule has 0 bridgehead atoms. The normalized spacial score (nSPS) is 12.9. The Morgan fingerprint density at radius 2 is 1.71 bits per heavy atom. The van der Waals surface area contributed by atoms with Gasteiger partial charge in [-0.15, -0.1) is 0 Å². The Bertz CT molecular complexity index is 498. The molecule has 0 radical (unpaired) electrons. The highest BCUT2D eigenvalue weighted by Gasteiger charge is 2.31. The van der Waals surface area contributed by atoms with Crippen LogP contribution in [0.1, 0.15) is 81.1 Å². The van der Waals surface area contributed by atoms with Crippen LogP contribution in [0.4, 0.5) is 13.2 Å². The SMILES string of the molecule is CCCCCCC(CCCC)OC(=O)c1cccc(C(F)(F)F)c1. The second-order valence-electron chi connectivity index (χ2n) is 6.10. The molecular formula is C19H27F3O2. The van der Waals surface area contributed by atoms with Crippen LogP contribution in [-0.4, -0.2) is 12.1 Å². The Kier molecular flexibility index (Phi) is 8.87. The van der Waals surface area contributed by atoms with Gasteiger partial charge in [0.2, 0.25) is 0 Å². The van der Waals surface area contributed by atoms with Crippen LogP contribution in [0, 0.1) is 0 Å². The fraction of sp³-hybridized carbons (Fsp3) is 0.632. The molecule has 0 saturated heterocycles. The summed E-state index contributed by atoms with van der Waals surface area (Å²) in [6, 6.07) is 4.42. The zero-order chi connectivity index (χ0) is 18.0. The van der Waals surface area contributed by atoms with E-state index in [1.165, 1.54) is 12.1 Å². The molecule has 0 spiro atoms. The van der Waals surface area contributed by atoms with Crippen LogP contribution in [0.2, 0.25) is 0 Å². The highest BCUT2D eigenvalue weighted by Crippen LogP contribution is 2.29. The molecule has 5 heteroatoms. The van der Waals surface area contributed by atoms with E-state index in [1.54, 1.807) is 0 Å². The minimum absolute atomic E-state index is 0.0418. The topological polar surface area (TPSA) is 26.3 Å². The molecule has 0 saturated carbocycles. The van der Waals surface area contributed by atoms with Crippen molar-refractivity contribution in [3.8, 4) is 0 Å². The molecule has 1 atom stereocenters. The molecule has 24 heavy (non-hydrogen) atoms. The first-order valence-corrected chi connectivity index (χ1v) is 8.76. The van der Waals surface area contributed by atoms with Crippen LogP contribution in [0.3, 0.4) is 0 Å². The maximum absolute atomic E-state index is 12.7. The van der Waals surface area contributed by atoms with Crippen LogP contribution in [0.5, 0.6) is 0 Å². The summed E-state index contributed by atoms with van der Waals surface area (Å²) in [6.07, 6.45) is 3.10. The predicted molar refractivity (Wildman–Crippen MR) is 88.9 cm³/mol. The maximum Gasteiger partial charge on any atom is 0.416 e. The van der Waals surface area contributed by atoms with Crippen molar-refractivity contribution in [2.45, 2.75) is 77.5 Å². The van der Waals surface area contributed by atoms with Gasteiger partial charge in [0.15, 0.2) is 0 Å². The first kappa shape index (κ1) is 20.5. The highest BCUT2D eigenvalue weighted by atomic mass is 19.4. The van der Waals surface area contributed by atoms with Crippen molar-refractivity contribution in [2.75, 3.05) is 0 Å². The van der Waals surface area contributed by atoms with E-state index in [9.17, 15) is 18.0 Å². The summed E-state index contributed by atoms with van der Waals surface area (Å²) in [6.45, 7) is 4.19. The number of carbonyl (C=O) groups is 1. The van der Waals surface area contributed by atoms with Crippen molar-refractivity contribution in [3.05, 3.63) is 35.4 Å². The summed E-state index contributed by atoms with van der Waals surface area (Å²) in [5.74, 6) is -0.669. The number of esters is 1. The Balaban J connectivity index is 2.69. The molecular weight excluding hydrogens is 317 g/mol. The second kappa shape index (κ2) is 10.4. The molecule has 0 aliphatic rings. The van der Waals surface area contributed by atoms with Gasteiger partial charge in [-0.05, 0) is 37.5 Å². The van der Waals surface area contributed by atoms with E-state index < -0.39 is 17.7 Å². The molecule has 0 amide bonds. The Morgan fingerprint density at radius 3 is 2.33 bits per heavy atom. The first-order chi connectivity index (χ1) is 11.4. The predicted octanol–water partition coefficient (Wildman–Crippen LogP) is 6.39. The Morgan fingerprint density at radius 1 is 1.04 bits per heavy atom. The number of carbonyl (C=O) groups excluding carboxylic acids is 1. The number of hydrogen-bond acceptors (Lipinski definition) is 2. The van der Waals surface area contributed by atoms with Crippen molar-refractivity contribution in [1.29, 1.82) is 0 Å². The number of halogens is 3. The number of ether oxygens (including phenoxy) is 1. The van der Waals surface area contributed by atoms with Crippen LogP contribution in [0.25, 0.3) is 0 Å². The van der Waals surface area contributed by atoms with E-state index in [0.29, 0.717) is 0 Å². The standard InChI is InChI=1S/C19H27F3O2/c1-3-5-7-8-13-17(12-6-4-2)24-18(23)15-10-9-11-16(14-15)19(20,21)22/h9-11,14,17H,3-8,12-13H2,1-2H3. The maximum atomic E-state index is 12.7. The lowest BCUT2D eigenvalue weighted by molar-refractivity contribution is -0.137. The van der Waals surface area contributed by atoms with Crippen LogP contribution >= 0.6 is 0 Å². The zero-order valence-corrected chi connectivity index (χ0v) is 14.5. The van der Waals surface area contributed by atoms with E-state index in [1.807, 2.05) is 0 Å². The van der Waals surface area contributed by atoms with Crippen molar-refractivity contribution < 1.29 is 22.7 Å². The van der Waals surface area contributed by atoms with Gasteiger partial charge in [-0.2, -0.15) is 13.2 Å². The molecule has 0 aliphatic heterocycles. The van der Waals surface area contributed by atoms with E-state index in [2.05, 4.69) is 13.8 Å². The summed E-state index contributed by atoms with van der Waals surface area (Å²) in [7, 11) is 0. The molecule has 1 unspecified atom stereocenters. The molecule has 1 aromatic rings. The minimum Gasteiger partial charge on any atom is -0.459 e. The average molecular weight is 344 g/mol. The first-order valence-electron chi connectivity index (χ1n) is 8.76. The lowest BCUT2D eigenvalue weighted by Gasteiger charge is -2.18. The lowest BCUT2D eigenvalue weighted by Crippen LogP contribution is -2.19. The summed E-state index contributed by atoms with van der Waals surface area (Å²) in [4.78, 5) is 12.2. The van der Waals surface area contributed by atoms with Gasteiger partial charge in [0.05, 0.1) is 11.1 Å². The van der Waals surface area contributed by atoms with Gasteiger partial charge in [0.1, 0.15) is 6.10 Å². The third-order valence-electron chi connectivity index (χ3n) is 3.96. The van der Waals surface area contributed by atoms with Crippen molar-refractivity contribution in [3.63, 3.8) is 0 Å². The van der Waals surface area contributed by atoms with E-state index in [0.717, 1.165) is 63.5 Å². The van der Waals surface area contributed by atoms with E-state index in [-0.39, 0.29) is 11.7 Å². The minimum atomic E-state index is -4.46. The van der Waals surface area contributed by atoms with Gasteiger partial charge >= 0.3 is 12.1 Å². The van der Waals surface area contributed by atoms with Gasteiger partial charge < -0.3 is 4.74 Å². The van der Waals surface area contributed by atoms with Crippen molar-refractivity contribution in [1.82, 2.24) is 0 Å². The largest absolute Gasteiger partial charge is 0.459 e. The molecule has 0 heterocycles. The van der Waals surface area contributed by atoms with Crippen LogP contribution in [-0.2, 0) is 10.9 Å². The van der Waals surface area contributed by atoms with E-state index >= 15 is 0 Å². The molecule has 2 nitrogen and oxygen atoms in total. The quantitative estimate of drug-likeness (QED) is 0.363. The Labute approximate surface area is 142 Å². The highest BCUT2D eigenvalue weighted by molar-refractivity contribution is 5.89. The number of alkyl halides is 3. The molecule has 0 fully saturated rings. The molecule has 0 N–H and O–H groups in total. The number of hydrogen-bond donors (Lipinski definition) is 0. The van der Waals surface area contributed by atoms with Crippen molar-refractivity contribution >= 4 is 5.97 Å². The molecule has 1 rings (SSSR count). The summed E-state index contributed by atoms with van der Waals surface area (Å²) >= 11 is 0. The van der Waals surface area contributed by atoms with Gasteiger partial charge in [-0.25, -0.2) is 4.79 Å². The zero-order valence-electron chi connectivity index (χ0n) is 14.5. The fourth-order valence-corrected chi connectivity index (χ4v) is 2.53. The molecule has 1 aromatic carbocycles. The van der Waals surface area contributed by atoms with Gasteiger partial charge in [0, 0.05) is 0 Å². The monoisotopic (exact) mass is 344 g/mol. The van der Waals surface area contributed by atoms with Crippen LogP contribution < -0.4 is 0 Å². The number of rotatable bonds is 10. The van der Waals surface area contributed by atoms with Gasteiger partial charge in [0.25, 0.3) is 0 Å². The lowest BCUT2D eigenvalue weighted by atomic mass is 10.0. The summed E-state index contributed by atoms with van der Waals surface area (Å²) in [5.41, 5.74) is -0.870. The van der Waals surface area contributed by atoms with Gasteiger partial charge in [-0.3, -0.25) is 0 Å². The summed E-state index contributed by atoms with van der Waals surface area (Å²) in [5, 5.41) is 0. The molecule has 0 aromatic heterocycles. The fourth-order valence-electron chi connectivity index (χ4n) is 2.53. The van der Waals surface area contributed by atoms with Crippen LogP contribution in [0.15, 0.2) is 24.3 Å². The smallest absolute Gasteiger partial charge is 0.416 e.